The number of carbonyl (C=O) groups is 2. The Balaban J connectivity index is 1.53. The Kier molecular flexibility index (Phi) is 5.96. The molecule has 1 aliphatic heterocycles. The monoisotopic (exact) mass is 492 g/mol. The average molecular weight is 493 g/mol. The van der Waals surface area contributed by atoms with Crippen molar-refractivity contribution in [3.63, 3.8) is 0 Å². The van der Waals surface area contributed by atoms with Crippen LogP contribution in [0.1, 0.15) is 44.1 Å². The molecule has 31 heavy (non-hydrogen) atoms. The molecule has 0 bridgehead atoms. The first-order valence-corrected chi connectivity index (χ1v) is 11.1. The van der Waals surface area contributed by atoms with Gasteiger partial charge in [-0.25, -0.2) is 8.78 Å². The standard InChI is InChI=1S/C22H23BrF2N4O2/c23-19-16(24)10-15(11-17(19)25)27-18(30)12-29-21(31)20(13-4-6-14(26)7-5-13)28-22(29)8-2-1-3-9-22/h4-7,10,15H,1-3,8-9,11-12,26H2,(H,27,30). The van der Waals surface area contributed by atoms with Crippen molar-refractivity contribution in [1.29, 1.82) is 0 Å². The van der Waals surface area contributed by atoms with Gasteiger partial charge in [-0.1, -0.05) is 18.6 Å². The normalized spacial score (nSPS) is 23.1. The summed E-state index contributed by atoms with van der Waals surface area (Å²) in [7, 11) is 0. The minimum absolute atomic E-state index is 0.147. The fourth-order valence-electron chi connectivity index (χ4n) is 4.39. The van der Waals surface area contributed by atoms with E-state index in [0.29, 0.717) is 29.8 Å². The molecule has 0 saturated heterocycles. The minimum atomic E-state index is -0.814. The fourth-order valence-corrected chi connectivity index (χ4v) is 4.68. The number of nitrogens with one attached hydrogen (secondary N) is 1. The number of allylic oxidation sites excluding steroid dienone is 2. The van der Waals surface area contributed by atoms with Gasteiger partial charge in [-0.2, -0.15) is 0 Å². The van der Waals surface area contributed by atoms with Gasteiger partial charge < -0.3 is 16.0 Å². The second-order valence-electron chi connectivity index (χ2n) is 8.13. The van der Waals surface area contributed by atoms with Crippen LogP contribution in [0.5, 0.6) is 0 Å². The largest absolute Gasteiger partial charge is 0.399 e. The summed E-state index contributed by atoms with van der Waals surface area (Å²) in [5.74, 6) is -2.22. The molecule has 1 aromatic rings. The topological polar surface area (TPSA) is 87.8 Å². The van der Waals surface area contributed by atoms with Crippen molar-refractivity contribution in [3.05, 3.63) is 52.0 Å². The predicted molar refractivity (Wildman–Crippen MR) is 118 cm³/mol. The number of nitrogen functional groups attached to an aromatic ring is 1. The molecule has 1 spiro atoms. The van der Waals surface area contributed by atoms with Crippen molar-refractivity contribution in [1.82, 2.24) is 10.2 Å². The number of nitrogens with two attached hydrogens (primary N) is 1. The molecule has 3 aliphatic rings. The number of amides is 2. The van der Waals surface area contributed by atoms with E-state index in [1.54, 1.807) is 24.3 Å². The number of halogens is 3. The van der Waals surface area contributed by atoms with E-state index >= 15 is 0 Å². The summed E-state index contributed by atoms with van der Waals surface area (Å²) >= 11 is 2.85. The fraction of sp³-hybridized carbons (Fsp3) is 0.409. The van der Waals surface area contributed by atoms with E-state index < -0.39 is 29.3 Å². The van der Waals surface area contributed by atoms with Crippen LogP contribution in [0.15, 0.2) is 51.5 Å². The van der Waals surface area contributed by atoms with Crippen LogP contribution in [-0.2, 0) is 9.59 Å². The molecular weight excluding hydrogens is 470 g/mol. The zero-order chi connectivity index (χ0) is 22.2. The summed E-state index contributed by atoms with van der Waals surface area (Å²) in [5, 5.41) is 2.62. The molecule has 0 aromatic heterocycles. The number of benzene rings is 1. The zero-order valence-corrected chi connectivity index (χ0v) is 18.4. The maximum Gasteiger partial charge on any atom is 0.275 e. The average Bonchev–Trinajstić information content (AvgIpc) is 2.99. The highest BCUT2D eigenvalue weighted by molar-refractivity contribution is 9.12. The van der Waals surface area contributed by atoms with Gasteiger partial charge in [0.2, 0.25) is 5.91 Å². The minimum Gasteiger partial charge on any atom is -0.399 e. The summed E-state index contributed by atoms with van der Waals surface area (Å²) in [6.07, 6.45) is 5.22. The van der Waals surface area contributed by atoms with E-state index in [4.69, 9.17) is 10.7 Å². The summed E-state index contributed by atoms with van der Waals surface area (Å²) < 4.78 is 27.5. The van der Waals surface area contributed by atoms with Gasteiger partial charge in [-0.3, -0.25) is 14.6 Å². The molecule has 4 rings (SSSR count). The van der Waals surface area contributed by atoms with Crippen LogP contribution in [0, 0.1) is 0 Å². The SMILES string of the molecule is Nc1ccc(C2=NC3(CCCCC3)N(CC(=O)NC3C=C(F)C(Br)=C(F)C3)C2=O)cc1. The first kappa shape index (κ1) is 21.7. The summed E-state index contributed by atoms with van der Waals surface area (Å²) in [6, 6.07) is 6.09. The molecule has 9 heteroatoms. The molecular formula is C22H23BrF2N4O2. The molecule has 1 aromatic carbocycles. The number of aliphatic imine (C=N–C) groups is 1. The molecule has 1 atom stereocenters. The Bertz CT molecular complexity index is 997. The van der Waals surface area contributed by atoms with E-state index in [0.717, 1.165) is 25.3 Å². The van der Waals surface area contributed by atoms with Crippen LogP contribution < -0.4 is 11.1 Å². The second-order valence-corrected chi connectivity index (χ2v) is 8.92. The molecule has 1 saturated carbocycles. The third-order valence-corrected chi connectivity index (χ3v) is 6.76. The van der Waals surface area contributed by atoms with Gasteiger partial charge in [-0.05, 0) is 59.8 Å². The van der Waals surface area contributed by atoms with Gasteiger partial charge in [0.25, 0.3) is 5.91 Å². The number of hydrogen-bond acceptors (Lipinski definition) is 4. The molecule has 3 N–H and O–H groups in total. The molecule has 1 heterocycles. The van der Waals surface area contributed by atoms with Crippen LogP contribution >= 0.6 is 15.9 Å². The van der Waals surface area contributed by atoms with Crippen LogP contribution in [0.4, 0.5) is 14.5 Å². The van der Waals surface area contributed by atoms with Gasteiger partial charge >= 0.3 is 0 Å². The predicted octanol–water partition coefficient (Wildman–Crippen LogP) is 3.88. The first-order chi connectivity index (χ1) is 14.8. The third kappa shape index (κ3) is 4.28. The third-order valence-electron chi connectivity index (χ3n) is 5.95. The van der Waals surface area contributed by atoms with Crippen molar-refractivity contribution >= 4 is 39.1 Å². The van der Waals surface area contributed by atoms with E-state index in [1.807, 2.05) is 0 Å². The lowest BCUT2D eigenvalue weighted by Crippen LogP contribution is -2.53. The Morgan fingerprint density at radius 3 is 2.55 bits per heavy atom. The Hall–Kier alpha value is -2.55. The molecule has 0 radical (unpaired) electrons. The maximum absolute atomic E-state index is 13.9. The smallest absolute Gasteiger partial charge is 0.275 e. The molecule has 2 amide bonds. The summed E-state index contributed by atoms with van der Waals surface area (Å²) in [4.78, 5) is 32.3. The highest BCUT2D eigenvalue weighted by Gasteiger charge is 2.48. The van der Waals surface area contributed by atoms with E-state index in [2.05, 4.69) is 21.2 Å². The lowest BCUT2D eigenvalue weighted by atomic mass is 9.88. The van der Waals surface area contributed by atoms with Crippen molar-refractivity contribution in [2.75, 3.05) is 12.3 Å². The quantitative estimate of drug-likeness (QED) is 0.625. The van der Waals surface area contributed by atoms with Gasteiger partial charge in [0.15, 0.2) is 0 Å². The molecule has 2 aliphatic carbocycles. The van der Waals surface area contributed by atoms with Crippen molar-refractivity contribution < 1.29 is 18.4 Å². The van der Waals surface area contributed by atoms with Crippen LogP contribution in [-0.4, -0.2) is 40.7 Å². The van der Waals surface area contributed by atoms with Gasteiger partial charge in [0, 0.05) is 17.7 Å². The van der Waals surface area contributed by atoms with Crippen molar-refractivity contribution in [3.8, 4) is 0 Å². The Morgan fingerprint density at radius 2 is 1.90 bits per heavy atom. The molecule has 1 fully saturated rings. The van der Waals surface area contributed by atoms with Gasteiger partial charge in [0.1, 0.15) is 29.6 Å². The lowest BCUT2D eigenvalue weighted by Gasteiger charge is -2.39. The maximum atomic E-state index is 13.9. The van der Waals surface area contributed by atoms with E-state index in [9.17, 15) is 18.4 Å². The lowest BCUT2D eigenvalue weighted by molar-refractivity contribution is -0.136. The number of nitrogens with zero attached hydrogens (tertiary/aromatic N) is 2. The van der Waals surface area contributed by atoms with Crippen molar-refractivity contribution in [2.24, 2.45) is 4.99 Å². The number of rotatable bonds is 4. The van der Waals surface area contributed by atoms with Crippen LogP contribution in [0.3, 0.4) is 0 Å². The highest BCUT2D eigenvalue weighted by atomic mass is 79.9. The van der Waals surface area contributed by atoms with Crippen molar-refractivity contribution in [2.45, 2.75) is 50.2 Å². The number of hydrogen-bond donors (Lipinski definition) is 2. The summed E-state index contributed by atoms with van der Waals surface area (Å²) in [6.45, 7) is -0.223. The van der Waals surface area contributed by atoms with Gasteiger partial charge in [0.05, 0.1) is 10.5 Å². The zero-order valence-electron chi connectivity index (χ0n) is 16.8. The number of anilines is 1. The van der Waals surface area contributed by atoms with Crippen LogP contribution in [0.25, 0.3) is 0 Å². The highest BCUT2D eigenvalue weighted by Crippen LogP contribution is 2.39. The Morgan fingerprint density at radius 1 is 1.23 bits per heavy atom. The van der Waals surface area contributed by atoms with Gasteiger partial charge in [-0.15, -0.1) is 0 Å². The summed E-state index contributed by atoms with van der Waals surface area (Å²) in [5.41, 5.74) is 6.55. The first-order valence-electron chi connectivity index (χ1n) is 10.3. The Labute approximate surface area is 187 Å². The molecule has 1 unspecified atom stereocenters. The molecule has 6 nitrogen and oxygen atoms in total. The van der Waals surface area contributed by atoms with E-state index in [-0.39, 0.29) is 23.4 Å². The van der Waals surface area contributed by atoms with E-state index in [1.165, 1.54) is 4.90 Å². The second kappa shape index (κ2) is 8.53. The number of carbonyl (C=O) groups excluding carboxylic acids is 2. The molecule has 164 valence electrons. The van der Waals surface area contributed by atoms with Crippen LogP contribution in [0.2, 0.25) is 0 Å².